The number of benzene rings is 1. The zero-order valence-corrected chi connectivity index (χ0v) is 12.2. The molecule has 21 heavy (non-hydrogen) atoms. The third kappa shape index (κ3) is 3.72. The molecule has 1 aromatic rings. The zero-order valence-electron chi connectivity index (χ0n) is 12.2. The Balaban J connectivity index is 1.96. The molecule has 0 saturated carbocycles. The first kappa shape index (κ1) is 15.3. The highest BCUT2D eigenvalue weighted by Crippen LogP contribution is 2.25. The number of anilines is 1. The summed E-state index contributed by atoms with van der Waals surface area (Å²) in [5, 5.41) is 8.79. The second kappa shape index (κ2) is 6.58. The van der Waals surface area contributed by atoms with Gasteiger partial charge >= 0.3 is 6.03 Å². The van der Waals surface area contributed by atoms with Crippen molar-refractivity contribution in [3.05, 3.63) is 29.8 Å². The summed E-state index contributed by atoms with van der Waals surface area (Å²) in [7, 11) is 0. The minimum absolute atomic E-state index is 0.0190. The molecule has 1 saturated heterocycles. The molecule has 1 aliphatic heterocycles. The molecule has 1 aromatic carbocycles. The fraction of sp³-hybridized carbons (Fsp3) is 0.467. The number of primary amides is 1. The number of nitrogens with one attached hydrogen (secondary N) is 3. The van der Waals surface area contributed by atoms with Gasteiger partial charge in [-0.2, -0.15) is 0 Å². The van der Waals surface area contributed by atoms with Gasteiger partial charge in [-0.05, 0) is 43.5 Å². The van der Waals surface area contributed by atoms with Crippen LogP contribution in [-0.4, -0.2) is 24.0 Å². The average Bonchev–Trinajstić information content (AvgIpc) is 2.96. The minimum atomic E-state index is -0.551. The molecule has 6 nitrogen and oxygen atoms in total. The lowest BCUT2D eigenvalue weighted by Gasteiger charge is -2.26. The molecule has 114 valence electrons. The summed E-state index contributed by atoms with van der Waals surface area (Å²) in [5.74, 6) is 0.0190. The highest BCUT2D eigenvalue weighted by atomic mass is 16.2. The Labute approximate surface area is 124 Å². The van der Waals surface area contributed by atoms with Crippen LogP contribution in [0, 0.1) is 0 Å². The number of amides is 3. The van der Waals surface area contributed by atoms with Crippen LogP contribution in [0.1, 0.15) is 31.7 Å². The van der Waals surface area contributed by atoms with Crippen molar-refractivity contribution >= 4 is 17.6 Å². The highest BCUT2D eigenvalue weighted by Gasteiger charge is 2.38. The number of urea groups is 1. The van der Waals surface area contributed by atoms with Gasteiger partial charge in [0, 0.05) is 12.2 Å². The Kier molecular flexibility index (Phi) is 4.80. The normalized spacial score (nSPS) is 21.0. The molecule has 0 aromatic heterocycles. The Morgan fingerprint density at radius 3 is 2.57 bits per heavy atom. The molecular weight excluding hydrogens is 268 g/mol. The van der Waals surface area contributed by atoms with Crippen molar-refractivity contribution in [2.24, 2.45) is 5.73 Å². The van der Waals surface area contributed by atoms with Crippen LogP contribution >= 0.6 is 0 Å². The lowest BCUT2D eigenvalue weighted by atomic mass is 9.93. The van der Waals surface area contributed by atoms with Gasteiger partial charge in [-0.1, -0.05) is 19.1 Å². The summed E-state index contributed by atoms with van der Waals surface area (Å²) >= 11 is 0. The Morgan fingerprint density at radius 1 is 1.33 bits per heavy atom. The fourth-order valence-electron chi connectivity index (χ4n) is 2.61. The van der Waals surface area contributed by atoms with E-state index < -0.39 is 11.6 Å². The van der Waals surface area contributed by atoms with E-state index in [0.717, 1.165) is 37.1 Å². The third-order valence-electron chi connectivity index (χ3n) is 3.96. The molecule has 1 aliphatic rings. The molecule has 1 fully saturated rings. The van der Waals surface area contributed by atoms with E-state index in [9.17, 15) is 9.59 Å². The van der Waals surface area contributed by atoms with Gasteiger partial charge in [0.1, 0.15) is 0 Å². The van der Waals surface area contributed by atoms with Crippen LogP contribution in [0.25, 0.3) is 0 Å². The second-order valence-corrected chi connectivity index (χ2v) is 5.33. The third-order valence-corrected chi connectivity index (χ3v) is 3.96. The van der Waals surface area contributed by atoms with Crippen LogP contribution in [0.4, 0.5) is 10.5 Å². The number of carbonyl (C=O) groups excluding carboxylic acids is 2. The molecule has 0 radical (unpaired) electrons. The van der Waals surface area contributed by atoms with Crippen molar-refractivity contribution < 1.29 is 9.59 Å². The SMILES string of the molecule is CCC1(C(=O)Nc2ccc(CNC(N)=O)cc2)CCCN1. The van der Waals surface area contributed by atoms with Gasteiger partial charge in [-0.15, -0.1) is 0 Å². The maximum absolute atomic E-state index is 12.4. The van der Waals surface area contributed by atoms with Gasteiger partial charge < -0.3 is 21.7 Å². The predicted molar refractivity (Wildman–Crippen MR) is 81.8 cm³/mol. The summed E-state index contributed by atoms with van der Waals surface area (Å²) < 4.78 is 0. The van der Waals surface area contributed by atoms with Crippen LogP contribution in [0.15, 0.2) is 24.3 Å². The van der Waals surface area contributed by atoms with Gasteiger partial charge in [0.15, 0.2) is 0 Å². The van der Waals surface area contributed by atoms with Crippen LogP contribution in [0.3, 0.4) is 0 Å². The van der Waals surface area contributed by atoms with Crippen molar-refractivity contribution in [1.29, 1.82) is 0 Å². The number of nitrogens with two attached hydrogens (primary N) is 1. The lowest BCUT2D eigenvalue weighted by molar-refractivity contribution is -0.122. The minimum Gasteiger partial charge on any atom is -0.352 e. The molecular formula is C15H22N4O2. The standard InChI is InChI=1S/C15H22N4O2/c1-2-15(8-3-9-18-15)13(20)19-12-6-4-11(5-7-12)10-17-14(16)21/h4-7,18H,2-3,8-10H2,1H3,(H,19,20)(H3,16,17,21). The van der Waals surface area contributed by atoms with Crippen molar-refractivity contribution in [2.75, 3.05) is 11.9 Å². The molecule has 3 amide bonds. The van der Waals surface area contributed by atoms with Crippen LogP contribution in [-0.2, 0) is 11.3 Å². The Morgan fingerprint density at radius 2 is 2.05 bits per heavy atom. The van der Waals surface area contributed by atoms with E-state index in [1.165, 1.54) is 0 Å². The topological polar surface area (TPSA) is 96.2 Å². The summed E-state index contributed by atoms with van der Waals surface area (Å²) in [5.41, 5.74) is 6.26. The first-order chi connectivity index (χ1) is 10.1. The van der Waals surface area contributed by atoms with Crippen molar-refractivity contribution in [1.82, 2.24) is 10.6 Å². The van der Waals surface area contributed by atoms with Gasteiger partial charge in [-0.25, -0.2) is 4.79 Å². The zero-order chi connectivity index (χ0) is 15.3. The first-order valence-electron chi connectivity index (χ1n) is 7.24. The molecule has 0 bridgehead atoms. The van der Waals surface area contributed by atoms with Gasteiger partial charge in [0.25, 0.3) is 0 Å². The number of hydrogen-bond donors (Lipinski definition) is 4. The molecule has 1 atom stereocenters. The summed E-state index contributed by atoms with van der Waals surface area (Å²) in [6.45, 7) is 3.29. The molecule has 0 aliphatic carbocycles. The van der Waals surface area contributed by atoms with Crippen molar-refractivity contribution in [3.8, 4) is 0 Å². The van der Waals surface area contributed by atoms with E-state index >= 15 is 0 Å². The van der Waals surface area contributed by atoms with Crippen LogP contribution in [0.5, 0.6) is 0 Å². The second-order valence-electron chi connectivity index (χ2n) is 5.33. The Hall–Kier alpha value is -2.08. The maximum atomic E-state index is 12.4. The number of carbonyl (C=O) groups is 2. The molecule has 6 heteroatoms. The van der Waals surface area contributed by atoms with Crippen LogP contribution < -0.4 is 21.7 Å². The van der Waals surface area contributed by atoms with Crippen molar-refractivity contribution in [3.63, 3.8) is 0 Å². The Bertz CT molecular complexity index is 507. The molecule has 1 heterocycles. The first-order valence-corrected chi connectivity index (χ1v) is 7.24. The van der Waals surface area contributed by atoms with E-state index in [2.05, 4.69) is 16.0 Å². The summed E-state index contributed by atoms with van der Waals surface area (Å²) in [6.07, 6.45) is 2.67. The van der Waals surface area contributed by atoms with E-state index in [-0.39, 0.29) is 5.91 Å². The van der Waals surface area contributed by atoms with E-state index in [0.29, 0.717) is 6.54 Å². The van der Waals surface area contributed by atoms with Gasteiger partial charge in [-0.3, -0.25) is 4.79 Å². The van der Waals surface area contributed by atoms with E-state index in [4.69, 9.17) is 5.73 Å². The van der Waals surface area contributed by atoms with Crippen LogP contribution in [0.2, 0.25) is 0 Å². The average molecular weight is 290 g/mol. The maximum Gasteiger partial charge on any atom is 0.312 e. The van der Waals surface area contributed by atoms with E-state index in [1.54, 1.807) is 0 Å². The number of hydrogen-bond acceptors (Lipinski definition) is 3. The smallest absolute Gasteiger partial charge is 0.312 e. The lowest BCUT2D eigenvalue weighted by Crippen LogP contribution is -2.50. The van der Waals surface area contributed by atoms with E-state index in [1.807, 2.05) is 31.2 Å². The predicted octanol–water partition coefficient (Wildman–Crippen LogP) is 1.33. The van der Waals surface area contributed by atoms with Gasteiger partial charge in [0.2, 0.25) is 5.91 Å². The van der Waals surface area contributed by atoms with Crippen molar-refractivity contribution in [2.45, 2.75) is 38.3 Å². The molecule has 0 spiro atoms. The molecule has 2 rings (SSSR count). The highest BCUT2D eigenvalue weighted by molar-refractivity contribution is 5.98. The molecule has 1 unspecified atom stereocenters. The number of rotatable bonds is 5. The fourth-order valence-corrected chi connectivity index (χ4v) is 2.61. The summed E-state index contributed by atoms with van der Waals surface area (Å²) in [6, 6.07) is 6.81. The quantitative estimate of drug-likeness (QED) is 0.658. The monoisotopic (exact) mass is 290 g/mol. The largest absolute Gasteiger partial charge is 0.352 e. The molecule has 5 N–H and O–H groups in total. The summed E-state index contributed by atoms with van der Waals surface area (Å²) in [4.78, 5) is 23.1. The van der Waals surface area contributed by atoms with Gasteiger partial charge in [0.05, 0.1) is 5.54 Å².